The third-order valence-corrected chi connectivity index (χ3v) is 3.74. The molecule has 0 heterocycles. The quantitative estimate of drug-likeness (QED) is 0.527. The number of carbonyl (C=O) groups excluding carboxylic acids is 1. The standard InChI is InChI=1S/C14H20FN3O3/c1-8(14(2,3)4)17(5)13(19)11-9(15)6-7-10(12(11)16)18(20)21/h6-8H,16H2,1-5H3. The molecule has 0 aliphatic heterocycles. The Hall–Kier alpha value is -2.18. The van der Waals surface area contributed by atoms with E-state index in [0.717, 1.165) is 12.1 Å². The molecule has 1 aromatic carbocycles. The number of hydrogen-bond acceptors (Lipinski definition) is 4. The first-order valence-electron chi connectivity index (χ1n) is 6.48. The summed E-state index contributed by atoms with van der Waals surface area (Å²) >= 11 is 0. The van der Waals surface area contributed by atoms with Gasteiger partial charge in [-0.3, -0.25) is 14.9 Å². The van der Waals surface area contributed by atoms with E-state index in [-0.39, 0.29) is 11.5 Å². The Kier molecular flexibility index (Phi) is 4.56. The highest BCUT2D eigenvalue weighted by molar-refractivity contribution is 6.01. The van der Waals surface area contributed by atoms with Crippen LogP contribution in [0.15, 0.2) is 12.1 Å². The fourth-order valence-corrected chi connectivity index (χ4v) is 1.89. The van der Waals surface area contributed by atoms with Crippen LogP contribution < -0.4 is 5.73 Å². The molecule has 2 N–H and O–H groups in total. The minimum absolute atomic E-state index is 0.205. The van der Waals surface area contributed by atoms with Gasteiger partial charge < -0.3 is 10.6 Å². The van der Waals surface area contributed by atoms with Crippen LogP contribution in [0.4, 0.5) is 15.8 Å². The van der Waals surface area contributed by atoms with Crippen molar-refractivity contribution in [3.8, 4) is 0 Å². The largest absolute Gasteiger partial charge is 0.392 e. The lowest BCUT2D eigenvalue weighted by atomic mass is 9.87. The maximum atomic E-state index is 13.9. The molecule has 0 aromatic heterocycles. The highest BCUT2D eigenvalue weighted by atomic mass is 19.1. The van der Waals surface area contributed by atoms with Crippen molar-refractivity contribution in [3.63, 3.8) is 0 Å². The first-order valence-corrected chi connectivity index (χ1v) is 6.48. The molecule has 0 spiro atoms. The predicted octanol–water partition coefficient (Wildman–Crippen LogP) is 2.82. The van der Waals surface area contributed by atoms with Crippen LogP contribution in [0.25, 0.3) is 0 Å². The summed E-state index contributed by atoms with van der Waals surface area (Å²) in [4.78, 5) is 23.9. The van der Waals surface area contributed by atoms with E-state index in [0.29, 0.717) is 0 Å². The lowest BCUT2D eigenvalue weighted by Crippen LogP contribution is -2.43. The van der Waals surface area contributed by atoms with Crippen LogP contribution in [-0.4, -0.2) is 28.8 Å². The lowest BCUT2D eigenvalue weighted by Gasteiger charge is -2.35. The van der Waals surface area contributed by atoms with Crippen LogP contribution in [0.5, 0.6) is 0 Å². The molecule has 6 nitrogen and oxygen atoms in total. The molecule has 1 rings (SSSR count). The van der Waals surface area contributed by atoms with Crippen molar-refractivity contribution in [1.29, 1.82) is 0 Å². The van der Waals surface area contributed by atoms with Crippen molar-refractivity contribution in [1.82, 2.24) is 4.90 Å². The summed E-state index contributed by atoms with van der Waals surface area (Å²) in [6.45, 7) is 7.64. The van der Waals surface area contributed by atoms with Gasteiger partial charge in [-0.1, -0.05) is 20.8 Å². The second-order valence-corrected chi connectivity index (χ2v) is 6.07. The van der Waals surface area contributed by atoms with Crippen LogP contribution in [0, 0.1) is 21.3 Å². The lowest BCUT2D eigenvalue weighted by molar-refractivity contribution is -0.384. The highest BCUT2D eigenvalue weighted by Gasteiger charge is 2.31. The van der Waals surface area contributed by atoms with Gasteiger partial charge in [-0.2, -0.15) is 0 Å². The maximum Gasteiger partial charge on any atom is 0.293 e. The number of nitro groups is 1. The minimum Gasteiger partial charge on any atom is -0.392 e. The topological polar surface area (TPSA) is 89.5 Å². The zero-order chi connectivity index (χ0) is 16.5. The number of carbonyl (C=O) groups is 1. The molecule has 21 heavy (non-hydrogen) atoms. The second kappa shape index (κ2) is 5.67. The van der Waals surface area contributed by atoms with Gasteiger partial charge in [0.2, 0.25) is 0 Å². The molecule has 1 aromatic rings. The van der Waals surface area contributed by atoms with Crippen LogP contribution in [-0.2, 0) is 0 Å². The SMILES string of the molecule is CC(N(C)C(=O)c1c(F)ccc([N+](=O)[O-])c1N)C(C)(C)C. The highest BCUT2D eigenvalue weighted by Crippen LogP contribution is 2.30. The fraction of sp³-hybridized carbons (Fsp3) is 0.500. The van der Waals surface area contributed by atoms with Gasteiger partial charge in [0.05, 0.1) is 4.92 Å². The van der Waals surface area contributed by atoms with Gasteiger partial charge in [0.25, 0.3) is 11.6 Å². The average molecular weight is 297 g/mol. The van der Waals surface area contributed by atoms with E-state index in [9.17, 15) is 19.3 Å². The number of amides is 1. The smallest absolute Gasteiger partial charge is 0.293 e. The monoisotopic (exact) mass is 297 g/mol. The Balaban J connectivity index is 3.31. The molecule has 0 saturated carbocycles. The number of nitro benzene ring substituents is 1. The van der Waals surface area contributed by atoms with Gasteiger partial charge in [-0.25, -0.2) is 4.39 Å². The molecular formula is C14H20FN3O3. The molecule has 0 saturated heterocycles. The number of nitrogens with two attached hydrogens (primary N) is 1. The summed E-state index contributed by atoms with van der Waals surface area (Å²) in [7, 11) is 1.52. The third kappa shape index (κ3) is 3.29. The van der Waals surface area contributed by atoms with Gasteiger partial charge >= 0.3 is 0 Å². The zero-order valence-electron chi connectivity index (χ0n) is 12.8. The molecular weight excluding hydrogens is 277 g/mol. The van der Waals surface area contributed by atoms with Crippen LogP contribution in [0.2, 0.25) is 0 Å². The van der Waals surface area contributed by atoms with E-state index in [4.69, 9.17) is 5.73 Å². The number of nitrogens with zero attached hydrogens (tertiary/aromatic N) is 2. The summed E-state index contributed by atoms with van der Waals surface area (Å²) in [5.74, 6) is -1.54. The van der Waals surface area contributed by atoms with E-state index < -0.39 is 33.6 Å². The normalized spacial score (nSPS) is 12.9. The molecule has 0 bridgehead atoms. The van der Waals surface area contributed by atoms with E-state index in [1.165, 1.54) is 11.9 Å². The number of halogens is 1. The molecule has 0 aliphatic rings. The van der Waals surface area contributed by atoms with Crippen molar-refractivity contribution >= 4 is 17.3 Å². The fourth-order valence-electron chi connectivity index (χ4n) is 1.89. The number of nitrogen functional groups attached to an aromatic ring is 1. The van der Waals surface area contributed by atoms with E-state index in [2.05, 4.69) is 0 Å². The first-order chi connectivity index (χ1) is 9.48. The van der Waals surface area contributed by atoms with Crippen molar-refractivity contribution in [2.45, 2.75) is 33.7 Å². The van der Waals surface area contributed by atoms with Gasteiger partial charge in [-0.15, -0.1) is 0 Å². The van der Waals surface area contributed by atoms with Crippen molar-refractivity contribution in [3.05, 3.63) is 33.6 Å². The van der Waals surface area contributed by atoms with Crippen molar-refractivity contribution < 1.29 is 14.1 Å². The number of hydrogen-bond donors (Lipinski definition) is 1. The second-order valence-electron chi connectivity index (χ2n) is 6.07. The molecule has 1 atom stereocenters. The van der Waals surface area contributed by atoms with Crippen molar-refractivity contribution in [2.24, 2.45) is 5.41 Å². The van der Waals surface area contributed by atoms with Crippen molar-refractivity contribution in [2.75, 3.05) is 12.8 Å². The van der Waals surface area contributed by atoms with Crippen LogP contribution in [0.3, 0.4) is 0 Å². The maximum absolute atomic E-state index is 13.9. The molecule has 1 unspecified atom stereocenters. The molecule has 0 aliphatic carbocycles. The molecule has 7 heteroatoms. The van der Waals surface area contributed by atoms with Crippen LogP contribution in [0.1, 0.15) is 38.1 Å². The van der Waals surface area contributed by atoms with E-state index >= 15 is 0 Å². The zero-order valence-corrected chi connectivity index (χ0v) is 12.8. The Morgan fingerprint density at radius 1 is 1.43 bits per heavy atom. The molecule has 0 fully saturated rings. The molecule has 0 radical (unpaired) electrons. The van der Waals surface area contributed by atoms with Crippen LogP contribution >= 0.6 is 0 Å². The number of anilines is 1. The van der Waals surface area contributed by atoms with Gasteiger partial charge in [0.1, 0.15) is 17.1 Å². The number of rotatable bonds is 3. The average Bonchev–Trinajstić information content (AvgIpc) is 2.35. The minimum atomic E-state index is -0.865. The first kappa shape index (κ1) is 16.9. The summed E-state index contributed by atoms with van der Waals surface area (Å²) < 4.78 is 13.9. The Bertz CT molecular complexity index is 582. The Morgan fingerprint density at radius 2 is 1.95 bits per heavy atom. The third-order valence-electron chi connectivity index (χ3n) is 3.74. The summed E-state index contributed by atoms with van der Waals surface area (Å²) in [6, 6.07) is 1.63. The molecule has 1 amide bonds. The van der Waals surface area contributed by atoms with E-state index in [1.807, 2.05) is 27.7 Å². The summed E-state index contributed by atoms with van der Waals surface area (Å²) in [5, 5.41) is 10.8. The Labute approximate surface area is 122 Å². The van der Waals surface area contributed by atoms with E-state index in [1.54, 1.807) is 0 Å². The number of benzene rings is 1. The summed E-state index contributed by atoms with van der Waals surface area (Å²) in [6.07, 6.45) is 0. The Morgan fingerprint density at radius 3 is 2.38 bits per heavy atom. The molecule has 116 valence electrons. The summed E-state index contributed by atoms with van der Waals surface area (Å²) in [5.41, 5.74) is 4.00. The van der Waals surface area contributed by atoms with Gasteiger partial charge in [0.15, 0.2) is 0 Å². The van der Waals surface area contributed by atoms with Gasteiger partial charge in [0, 0.05) is 19.2 Å². The predicted molar refractivity (Wildman–Crippen MR) is 78.5 cm³/mol. The van der Waals surface area contributed by atoms with Gasteiger partial charge in [-0.05, 0) is 18.4 Å².